The fraction of sp³-hybridized carbons (Fsp3) is 0.333. The molecule has 3 rings (SSSR count). The molecule has 2 amide bonds. The van der Waals surface area contributed by atoms with Crippen LogP contribution in [0.1, 0.15) is 23.2 Å². The van der Waals surface area contributed by atoms with Gasteiger partial charge in [-0.3, -0.25) is 10.00 Å². The van der Waals surface area contributed by atoms with Crippen LogP contribution in [0, 0.1) is 0 Å². The highest BCUT2D eigenvalue weighted by atomic mass is 32.2. The number of hydrogen-bond donors (Lipinski definition) is 3. The molecule has 0 bridgehead atoms. The summed E-state index contributed by atoms with van der Waals surface area (Å²) in [6.07, 6.45) is 2.93. The number of carbonyl (C=O) groups is 1. The zero-order valence-electron chi connectivity index (χ0n) is 13.2. The molecule has 1 aliphatic rings. The summed E-state index contributed by atoms with van der Waals surface area (Å²) in [5.41, 5.74) is 2.92. The number of sulfonamides is 1. The molecule has 1 heterocycles. The number of primary sulfonamides is 1. The number of nitrogens with two attached hydrogens (primary N) is 1. The van der Waals surface area contributed by atoms with Crippen LogP contribution in [0.3, 0.4) is 0 Å². The van der Waals surface area contributed by atoms with Crippen LogP contribution in [-0.2, 0) is 36.5 Å². The first-order valence-electron chi connectivity index (χ1n) is 7.56. The molecule has 0 spiro atoms. The average Bonchev–Trinajstić information content (AvgIpc) is 3.08. The molecule has 0 atom stereocenters. The van der Waals surface area contributed by atoms with Gasteiger partial charge in [-0.15, -0.1) is 0 Å². The van der Waals surface area contributed by atoms with Gasteiger partial charge in [0.05, 0.1) is 10.6 Å². The number of hydrogen-bond acceptors (Lipinski definition) is 4. The monoisotopic (exact) mass is 349 g/mol. The van der Waals surface area contributed by atoms with E-state index in [9.17, 15) is 13.2 Å². The van der Waals surface area contributed by atoms with E-state index < -0.39 is 10.0 Å². The first-order chi connectivity index (χ1) is 11.3. The Morgan fingerprint density at radius 3 is 2.67 bits per heavy atom. The molecule has 0 saturated carbocycles. The highest BCUT2D eigenvalue weighted by molar-refractivity contribution is 7.89. The van der Waals surface area contributed by atoms with Crippen LogP contribution in [-0.4, -0.2) is 24.2 Å². The van der Waals surface area contributed by atoms with Crippen molar-refractivity contribution >= 4 is 21.9 Å². The smallest absolute Gasteiger partial charge is 0.320 e. The van der Waals surface area contributed by atoms with Crippen molar-refractivity contribution in [1.82, 2.24) is 15.1 Å². The molecule has 1 aromatic carbocycles. The van der Waals surface area contributed by atoms with Crippen LogP contribution in [0.25, 0.3) is 0 Å². The summed E-state index contributed by atoms with van der Waals surface area (Å²) in [5.74, 6) is 0.726. The van der Waals surface area contributed by atoms with Crippen molar-refractivity contribution in [3.63, 3.8) is 0 Å². The van der Waals surface area contributed by atoms with Crippen LogP contribution in [0.15, 0.2) is 29.2 Å². The zero-order chi connectivity index (χ0) is 17.3. The van der Waals surface area contributed by atoms with Gasteiger partial charge in [0, 0.05) is 19.2 Å². The number of nitrogens with zero attached hydrogens (tertiary/aromatic N) is 2. The van der Waals surface area contributed by atoms with Gasteiger partial charge >= 0.3 is 6.03 Å². The second-order valence-electron chi connectivity index (χ2n) is 5.75. The first kappa shape index (κ1) is 16.5. The molecule has 128 valence electrons. The number of fused-ring (bicyclic) bond motifs is 1. The fourth-order valence-electron chi connectivity index (χ4n) is 2.81. The number of carbonyl (C=O) groups excluding carboxylic acids is 1. The molecule has 8 nitrogen and oxygen atoms in total. The second-order valence-corrected chi connectivity index (χ2v) is 7.31. The summed E-state index contributed by atoms with van der Waals surface area (Å²) in [7, 11) is -1.90. The quantitative estimate of drug-likeness (QED) is 0.759. The highest BCUT2D eigenvalue weighted by Crippen LogP contribution is 2.27. The maximum atomic E-state index is 12.1. The molecule has 0 aliphatic heterocycles. The van der Waals surface area contributed by atoms with E-state index >= 15 is 0 Å². The Morgan fingerprint density at radius 1 is 1.29 bits per heavy atom. The Balaban J connectivity index is 1.60. The van der Waals surface area contributed by atoms with E-state index in [1.165, 1.54) is 12.1 Å². The molecule has 2 aromatic rings. The third-order valence-electron chi connectivity index (χ3n) is 4.01. The normalized spacial score (nSPS) is 13.6. The number of urea groups is 1. The predicted molar refractivity (Wildman–Crippen MR) is 88.9 cm³/mol. The molecule has 0 fully saturated rings. The van der Waals surface area contributed by atoms with Gasteiger partial charge < -0.3 is 5.32 Å². The Morgan fingerprint density at radius 2 is 2.00 bits per heavy atom. The summed E-state index contributed by atoms with van der Waals surface area (Å²) in [4.78, 5) is 12.1. The Hall–Kier alpha value is -2.39. The topological polar surface area (TPSA) is 119 Å². The molecule has 4 N–H and O–H groups in total. The number of benzene rings is 1. The molecular formula is C15H19N5O3S. The summed E-state index contributed by atoms with van der Waals surface area (Å²) >= 11 is 0. The molecule has 1 aromatic heterocycles. The standard InChI is InChI=1S/C15H19N5O3S/c1-20-14(12-3-2-4-13(12)19-20)18-15(21)17-9-10-5-7-11(8-6-10)24(16,22)23/h5-8H,2-4,9H2,1H3,(H2,16,22,23)(H2,17,18,21). The minimum Gasteiger partial charge on any atom is -0.334 e. The van der Waals surface area contributed by atoms with Crippen LogP contribution in [0.5, 0.6) is 0 Å². The average molecular weight is 349 g/mol. The Kier molecular flexibility index (Phi) is 4.29. The lowest BCUT2D eigenvalue weighted by molar-refractivity contribution is 0.251. The van der Waals surface area contributed by atoms with Gasteiger partial charge in [-0.25, -0.2) is 18.4 Å². The molecule has 9 heteroatoms. The van der Waals surface area contributed by atoms with Gasteiger partial charge in [-0.2, -0.15) is 5.10 Å². The first-order valence-corrected chi connectivity index (χ1v) is 9.10. The molecule has 1 aliphatic carbocycles. The summed E-state index contributed by atoms with van der Waals surface area (Å²) in [6, 6.07) is 5.73. The Labute approximate surface area is 140 Å². The maximum absolute atomic E-state index is 12.1. The largest absolute Gasteiger partial charge is 0.334 e. The van der Waals surface area contributed by atoms with E-state index in [1.807, 2.05) is 0 Å². The van der Waals surface area contributed by atoms with Crippen molar-refractivity contribution in [2.75, 3.05) is 5.32 Å². The van der Waals surface area contributed by atoms with Crippen molar-refractivity contribution in [2.45, 2.75) is 30.7 Å². The van der Waals surface area contributed by atoms with E-state index in [-0.39, 0.29) is 17.5 Å². The van der Waals surface area contributed by atoms with E-state index in [1.54, 1.807) is 23.9 Å². The van der Waals surface area contributed by atoms with Crippen LogP contribution in [0.4, 0.5) is 10.6 Å². The van der Waals surface area contributed by atoms with Crippen molar-refractivity contribution in [1.29, 1.82) is 0 Å². The fourth-order valence-corrected chi connectivity index (χ4v) is 3.32. The molecular weight excluding hydrogens is 330 g/mol. The zero-order valence-corrected chi connectivity index (χ0v) is 14.1. The second kappa shape index (κ2) is 6.25. The summed E-state index contributed by atoms with van der Waals surface area (Å²) in [6.45, 7) is 0.275. The predicted octanol–water partition coefficient (Wildman–Crippen LogP) is 0.878. The van der Waals surface area contributed by atoms with Crippen molar-refractivity contribution in [3.05, 3.63) is 41.1 Å². The van der Waals surface area contributed by atoms with E-state index in [2.05, 4.69) is 15.7 Å². The van der Waals surface area contributed by atoms with Crippen LogP contribution >= 0.6 is 0 Å². The number of aryl methyl sites for hydroxylation is 2. The summed E-state index contributed by atoms with van der Waals surface area (Å²) < 4.78 is 24.1. The minimum absolute atomic E-state index is 0.0427. The molecule has 24 heavy (non-hydrogen) atoms. The lowest BCUT2D eigenvalue weighted by Crippen LogP contribution is -2.29. The number of aromatic nitrogens is 2. The SMILES string of the molecule is Cn1nc2c(c1NC(=O)NCc1ccc(S(N)(=O)=O)cc1)CCC2. The van der Waals surface area contributed by atoms with E-state index in [0.29, 0.717) is 0 Å². The third kappa shape index (κ3) is 3.41. The number of nitrogens with one attached hydrogen (secondary N) is 2. The lowest BCUT2D eigenvalue weighted by Gasteiger charge is -2.09. The van der Waals surface area contributed by atoms with Crippen LogP contribution in [0.2, 0.25) is 0 Å². The molecule has 0 unspecified atom stereocenters. The number of amides is 2. The highest BCUT2D eigenvalue weighted by Gasteiger charge is 2.21. The van der Waals surface area contributed by atoms with Gasteiger partial charge in [0.1, 0.15) is 5.82 Å². The van der Waals surface area contributed by atoms with E-state index in [4.69, 9.17) is 5.14 Å². The van der Waals surface area contributed by atoms with E-state index in [0.717, 1.165) is 41.9 Å². The van der Waals surface area contributed by atoms with Gasteiger partial charge in [0.25, 0.3) is 0 Å². The maximum Gasteiger partial charge on any atom is 0.320 e. The Bertz CT molecular complexity index is 871. The number of anilines is 1. The van der Waals surface area contributed by atoms with Crippen molar-refractivity contribution in [2.24, 2.45) is 12.2 Å². The van der Waals surface area contributed by atoms with Gasteiger partial charge in [0.2, 0.25) is 10.0 Å². The van der Waals surface area contributed by atoms with Crippen molar-refractivity contribution in [3.8, 4) is 0 Å². The molecule has 0 saturated heterocycles. The summed E-state index contributed by atoms with van der Waals surface area (Å²) in [5, 5.41) is 15.0. The molecule has 0 radical (unpaired) electrons. The lowest BCUT2D eigenvalue weighted by atomic mass is 10.2. The van der Waals surface area contributed by atoms with Gasteiger partial charge in [-0.1, -0.05) is 12.1 Å². The minimum atomic E-state index is -3.71. The van der Waals surface area contributed by atoms with Crippen LogP contribution < -0.4 is 15.8 Å². The van der Waals surface area contributed by atoms with Gasteiger partial charge in [0.15, 0.2) is 0 Å². The van der Waals surface area contributed by atoms with Crippen molar-refractivity contribution < 1.29 is 13.2 Å². The third-order valence-corrected chi connectivity index (χ3v) is 4.93. The number of rotatable bonds is 4. The van der Waals surface area contributed by atoms with Gasteiger partial charge in [-0.05, 0) is 37.0 Å².